The zero-order valence-corrected chi connectivity index (χ0v) is 13.6. The molecular formula is C15H23N3O3S. The summed E-state index contributed by atoms with van der Waals surface area (Å²) in [5.74, 6) is 0.963. The number of ether oxygens (including phenoxy) is 1. The van der Waals surface area contributed by atoms with Gasteiger partial charge in [0.1, 0.15) is 0 Å². The van der Waals surface area contributed by atoms with Crippen LogP contribution in [0.1, 0.15) is 12.0 Å². The second-order valence-electron chi connectivity index (χ2n) is 6.30. The van der Waals surface area contributed by atoms with Gasteiger partial charge in [0, 0.05) is 37.9 Å². The number of pyridine rings is 1. The monoisotopic (exact) mass is 325 g/mol. The molecule has 3 heterocycles. The topological polar surface area (TPSA) is 71.5 Å². The summed E-state index contributed by atoms with van der Waals surface area (Å²) in [5.41, 5.74) is 1.28. The average Bonchev–Trinajstić information content (AvgIpc) is 2.88. The number of hydrogen-bond donors (Lipinski definition) is 1. The molecule has 6 nitrogen and oxygen atoms in total. The van der Waals surface area contributed by atoms with Crippen molar-refractivity contribution in [3.05, 3.63) is 30.1 Å². The number of nitrogens with one attached hydrogen (secondary N) is 1. The Morgan fingerprint density at radius 1 is 1.41 bits per heavy atom. The zero-order chi connectivity index (χ0) is 15.6. The highest BCUT2D eigenvalue weighted by atomic mass is 32.2. The Balaban J connectivity index is 1.53. The number of piperidine rings is 1. The van der Waals surface area contributed by atoms with Crippen molar-refractivity contribution in [3.8, 4) is 0 Å². The molecule has 0 aliphatic carbocycles. The van der Waals surface area contributed by atoms with E-state index in [0.29, 0.717) is 18.4 Å². The van der Waals surface area contributed by atoms with Gasteiger partial charge < -0.3 is 4.74 Å². The molecule has 0 saturated carbocycles. The van der Waals surface area contributed by atoms with Crippen molar-refractivity contribution < 1.29 is 13.2 Å². The molecule has 0 bridgehead atoms. The maximum Gasteiger partial charge on any atom is 0.208 e. The summed E-state index contributed by atoms with van der Waals surface area (Å²) in [6.45, 7) is 4.11. The van der Waals surface area contributed by atoms with Crippen molar-refractivity contribution in [2.45, 2.75) is 19.1 Å². The molecular weight excluding hydrogens is 302 g/mol. The Hall–Kier alpha value is -1.02. The molecule has 7 heteroatoms. The van der Waals surface area contributed by atoms with Crippen LogP contribution in [0.4, 0.5) is 0 Å². The van der Waals surface area contributed by atoms with Crippen LogP contribution < -0.4 is 4.72 Å². The van der Waals surface area contributed by atoms with Crippen LogP contribution in [0, 0.1) is 11.8 Å². The van der Waals surface area contributed by atoms with Crippen molar-refractivity contribution in [1.29, 1.82) is 0 Å². The minimum atomic E-state index is -3.15. The van der Waals surface area contributed by atoms with Gasteiger partial charge in [-0.25, -0.2) is 13.1 Å². The first-order chi connectivity index (χ1) is 10.5. The number of aromatic nitrogens is 1. The van der Waals surface area contributed by atoms with Crippen molar-refractivity contribution in [2.24, 2.45) is 11.8 Å². The van der Waals surface area contributed by atoms with Crippen LogP contribution in [0.3, 0.4) is 0 Å². The lowest BCUT2D eigenvalue weighted by molar-refractivity contribution is 0.0885. The first-order valence-electron chi connectivity index (χ1n) is 7.69. The van der Waals surface area contributed by atoms with Gasteiger partial charge in [-0.15, -0.1) is 0 Å². The van der Waals surface area contributed by atoms with E-state index in [-0.39, 0.29) is 6.10 Å². The number of hydrogen-bond acceptors (Lipinski definition) is 5. The lowest BCUT2D eigenvalue weighted by Crippen LogP contribution is -2.43. The quantitative estimate of drug-likeness (QED) is 0.852. The Labute approximate surface area is 131 Å². The summed E-state index contributed by atoms with van der Waals surface area (Å²) in [5, 5.41) is 0. The molecule has 0 unspecified atom stereocenters. The van der Waals surface area contributed by atoms with E-state index in [1.54, 1.807) is 0 Å². The molecule has 1 N–H and O–H groups in total. The molecule has 22 heavy (non-hydrogen) atoms. The molecule has 0 spiro atoms. The summed E-state index contributed by atoms with van der Waals surface area (Å²) in [6, 6.07) is 4.10. The Kier molecular flexibility index (Phi) is 4.77. The molecule has 0 amide bonds. The van der Waals surface area contributed by atoms with Crippen molar-refractivity contribution in [1.82, 2.24) is 14.6 Å². The van der Waals surface area contributed by atoms with Crippen LogP contribution in [0.25, 0.3) is 0 Å². The van der Waals surface area contributed by atoms with Gasteiger partial charge in [-0.1, -0.05) is 0 Å². The van der Waals surface area contributed by atoms with Gasteiger partial charge in [-0.05, 0) is 36.6 Å². The van der Waals surface area contributed by atoms with E-state index < -0.39 is 10.0 Å². The van der Waals surface area contributed by atoms with Gasteiger partial charge in [0.25, 0.3) is 0 Å². The summed E-state index contributed by atoms with van der Waals surface area (Å²) >= 11 is 0. The molecule has 2 saturated heterocycles. The molecule has 2 aliphatic heterocycles. The van der Waals surface area contributed by atoms with Crippen LogP contribution in [0.2, 0.25) is 0 Å². The van der Waals surface area contributed by atoms with E-state index in [2.05, 4.69) is 26.7 Å². The minimum absolute atomic E-state index is 0.0165. The molecule has 3 atom stereocenters. The number of nitrogens with zero attached hydrogens (tertiary/aromatic N) is 2. The van der Waals surface area contributed by atoms with E-state index in [0.717, 1.165) is 32.7 Å². The third-order valence-electron chi connectivity index (χ3n) is 4.58. The molecule has 2 aliphatic rings. The lowest BCUT2D eigenvalue weighted by Gasteiger charge is -2.35. The van der Waals surface area contributed by atoms with Crippen molar-refractivity contribution in [2.75, 3.05) is 32.5 Å². The van der Waals surface area contributed by atoms with Gasteiger partial charge in [-0.2, -0.15) is 0 Å². The Bertz CT molecular complexity index is 593. The summed E-state index contributed by atoms with van der Waals surface area (Å²) in [4.78, 5) is 6.50. The lowest BCUT2D eigenvalue weighted by atomic mass is 9.84. The van der Waals surface area contributed by atoms with Crippen LogP contribution in [0.15, 0.2) is 24.5 Å². The summed E-state index contributed by atoms with van der Waals surface area (Å²) < 4.78 is 30.9. The Morgan fingerprint density at radius 3 is 2.91 bits per heavy atom. The number of rotatable bonds is 5. The summed E-state index contributed by atoms with van der Waals surface area (Å²) in [6.07, 6.45) is 5.92. The largest absolute Gasteiger partial charge is 0.376 e. The highest BCUT2D eigenvalue weighted by Gasteiger charge is 2.40. The summed E-state index contributed by atoms with van der Waals surface area (Å²) in [7, 11) is -3.15. The molecule has 0 aromatic carbocycles. The normalized spacial score (nSPS) is 29.4. The molecule has 0 radical (unpaired) electrons. The van der Waals surface area contributed by atoms with Crippen LogP contribution in [-0.2, 0) is 21.3 Å². The highest BCUT2D eigenvalue weighted by Crippen LogP contribution is 2.34. The zero-order valence-electron chi connectivity index (χ0n) is 12.8. The van der Waals surface area contributed by atoms with Gasteiger partial charge >= 0.3 is 0 Å². The smallest absolute Gasteiger partial charge is 0.208 e. The first-order valence-corrected chi connectivity index (χ1v) is 9.58. The molecule has 1 aromatic heterocycles. The predicted molar refractivity (Wildman–Crippen MR) is 83.7 cm³/mol. The van der Waals surface area contributed by atoms with Crippen molar-refractivity contribution in [3.63, 3.8) is 0 Å². The maximum absolute atomic E-state index is 11.2. The third kappa shape index (κ3) is 4.04. The molecule has 1 aromatic rings. The third-order valence-corrected chi connectivity index (χ3v) is 5.27. The molecule has 122 valence electrons. The van der Waals surface area contributed by atoms with E-state index >= 15 is 0 Å². The van der Waals surface area contributed by atoms with Gasteiger partial charge in [-0.3, -0.25) is 9.88 Å². The van der Waals surface area contributed by atoms with Gasteiger partial charge in [0.05, 0.1) is 19.0 Å². The maximum atomic E-state index is 11.2. The molecule has 3 rings (SSSR count). The SMILES string of the molecule is CS(=O)(=O)NC[C@@H]1OC[C@@H]2CN(Cc3ccncc3)CC[C@@H]21. The minimum Gasteiger partial charge on any atom is -0.376 e. The fraction of sp³-hybridized carbons (Fsp3) is 0.667. The standard InChI is InChI=1S/C15H23N3O3S/c1-22(19,20)17-8-15-14-4-7-18(10-13(14)11-21-15)9-12-2-5-16-6-3-12/h2-3,5-6,13-15,17H,4,7-11H2,1H3/t13-,14-,15-/m0/s1. The van der Waals surface area contributed by atoms with Crippen LogP contribution in [0.5, 0.6) is 0 Å². The van der Waals surface area contributed by atoms with Gasteiger partial charge in [0.15, 0.2) is 0 Å². The second kappa shape index (κ2) is 6.62. The van der Waals surface area contributed by atoms with E-state index in [1.807, 2.05) is 12.4 Å². The molecule has 2 fully saturated rings. The second-order valence-corrected chi connectivity index (χ2v) is 8.13. The van der Waals surface area contributed by atoms with Gasteiger partial charge in [0.2, 0.25) is 10.0 Å². The average molecular weight is 325 g/mol. The highest BCUT2D eigenvalue weighted by molar-refractivity contribution is 7.88. The van der Waals surface area contributed by atoms with E-state index in [9.17, 15) is 8.42 Å². The number of likely N-dealkylation sites (tertiary alicyclic amines) is 1. The predicted octanol–water partition coefficient (Wildman–Crippen LogP) is 0.468. The fourth-order valence-electron chi connectivity index (χ4n) is 3.50. The Morgan fingerprint density at radius 2 is 2.18 bits per heavy atom. The number of sulfonamides is 1. The van der Waals surface area contributed by atoms with Crippen LogP contribution in [-0.4, -0.2) is 56.9 Å². The first kappa shape index (κ1) is 15.9. The van der Waals surface area contributed by atoms with E-state index in [4.69, 9.17) is 4.74 Å². The van der Waals surface area contributed by atoms with Crippen LogP contribution >= 0.6 is 0 Å². The number of fused-ring (bicyclic) bond motifs is 1. The fourth-order valence-corrected chi connectivity index (χ4v) is 3.96. The van der Waals surface area contributed by atoms with Crippen molar-refractivity contribution >= 4 is 10.0 Å². The van der Waals surface area contributed by atoms with E-state index in [1.165, 1.54) is 11.8 Å².